The standard InChI is InChI=1S/C11H9IOS/c1-2-9-3-7-4-10(12)8(6-13)5-11(7)14-9/h3-6H,2H2,1H3. The van der Waals surface area contributed by atoms with Gasteiger partial charge in [0.15, 0.2) is 6.29 Å². The van der Waals surface area contributed by atoms with Gasteiger partial charge in [-0.3, -0.25) is 4.79 Å². The summed E-state index contributed by atoms with van der Waals surface area (Å²) in [5.41, 5.74) is 0.794. The van der Waals surface area contributed by atoms with Crippen LogP contribution in [0.3, 0.4) is 0 Å². The molecule has 0 saturated carbocycles. The molecule has 72 valence electrons. The van der Waals surface area contributed by atoms with E-state index in [2.05, 4.69) is 41.6 Å². The van der Waals surface area contributed by atoms with Crippen molar-refractivity contribution in [2.45, 2.75) is 13.3 Å². The van der Waals surface area contributed by atoms with Crippen molar-refractivity contribution in [1.29, 1.82) is 0 Å². The van der Waals surface area contributed by atoms with E-state index in [4.69, 9.17) is 0 Å². The van der Waals surface area contributed by atoms with Crippen LogP contribution in [0.2, 0.25) is 0 Å². The molecule has 0 radical (unpaired) electrons. The molecule has 0 aliphatic heterocycles. The van der Waals surface area contributed by atoms with E-state index in [1.54, 1.807) is 11.3 Å². The minimum Gasteiger partial charge on any atom is -0.298 e. The molecule has 1 aromatic carbocycles. The molecule has 0 unspecified atom stereocenters. The molecule has 0 spiro atoms. The minimum atomic E-state index is 0.794. The second-order valence-corrected chi connectivity index (χ2v) is 5.43. The molecule has 0 amide bonds. The molecule has 1 nitrogen and oxygen atoms in total. The van der Waals surface area contributed by atoms with Crippen LogP contribution in [0, 0.1) is 3.57 Å². The van der Waals surface area contributed by atoms with Crippen LogP contribution >= 0.6 is 33.9 Å². The van der Waals surface area contributed by atoms with E-state index in [9.17, 15) is 4.79 Å². The lowest BCUT2D eigenvalue weighted by Crippen LogP contribution is -1.83. The lowest BCUT2D eigenvalue weighted by Gasteiger charge is -1.95. The number of aryl methyl sites for hydroxylation is 1. The van der Waals surface area contributed by atoms with Crippen LogP contribution in [0.4, 0.5) is 0 Å². The van der Waals surface area contributed by atoms with Crippen molar-refractivity contribution in [2.24, 2.45) is 0 Å². The minimum absolute atomic E-state index is 0.794. The fourth-order valence-corrected chi connectivity index (χ4v) is 3.05. The molecule has 0 bridgehead atoms. The largest absolute Gasteiger partial charge is 0.298 e. The summed E-state index contributed by atoms with van der Waals surface area (Å²) in [5.74, 6) is 0. The van der Waals surface area contributed by atoms with Gasteiger partial charge in [0.1, 0.15) is 0 Å². The SMILES string of the molecule is CCc1cc2cc(I)c(C=O)cc2s1. The molecule has 2 aromatic rings. The third-order valence-electron chi connectivity index (χ3n) is 2.16. The summed E-state index contributed by atoms with van der Waals surface area (Å²) in [6.07, 6.45) is 1.99. The number of carbonyl (C=O) groups excluding carboxylic acids is 1. The highest BCUT2D eigenvalue weighted by Crippen LogP contribution is 2.29. The van der Waals surface area contributed by atoms with Gasteiger partial charge in [0.05, 0.1) is 0 Å². The van der Waals surface area contributed by atoms with Gasteiger partial charge < -0.3 is 0 Å². The zero-order valence-corrected chi connectivity index (χ0v) is 10.7. The summed E-state index contributed by atoms with van der Waals surface area (Å²) in [6, 6.07) is 6.26. The maximum Gasteiger partial charge on any atom is 0.151 e. The van der Waals surface area contributed by atoms with Crippen molar-refractivity contribution < 1.29 is 4.79 Å². The van der Waals surface area contributed by atoms with Crippen LogP contribution in [-0.4, -0.2) is 6.29 Å². The Morgan fingerprint density at radius 1 is 1.43 bits per heavy atom. The molecular weight excluding hydrogens is 307 g/mol. The molecule has 3 heteroatoms. The van der Waals surface area contributed by atoms with E-state index in [1.807, 2.05) is 6.07 Å². The first-order valence-corrected chi connectivity index (χ1v) is 6.31. The quantitative estimate of drug-likeness (QED) is 0.607. The molecule has 0 aliphatic rings. The van der Waals surface area contributed by atoms with Crippen molar-refractivity contribution in [1.82, 2.24) is 0 Å². The van der Waals surface area contributed by atoms with E-state index in [0.717, 1.165) is 21.8 Å². The van der Waals surface area contributed by atoms with Gasteiger partial charge in [0, 0.05) is 18.7 Å². The zero-order valence-electron chi connectivity index (χ0n) is 7.71. The smallest absolute Gasteiger partial charge is 0.151 e. The number of fused-ring (bicyclic) bond motifs is 1. The Morgan fingerprint density at radius 3 is 2.86 bits per heavy atom. The first-order chi connectivity index (χ1) is 6.74. The monoisotopic (exact) mass is 316 g/mol. The number of carbonyl (C=O) groups is 1. The third kappa shape index (κ3) is 1.70. The molecule has 0 fully saturated rings. The second kappa shape index (κ2) is 3.98. The van der Waals surface area contributed by atoms with Crippen LogP contribution in [-0.2, 0) is 6.42 Å². The average molecular weight is 316 g/mol. The van der Waals surface area contributed by atoms with Gasteiger partial charge in [-0.15, -0.1) is 11.3 Å². The Morgan fingerprint density at radius 2 is 2.21 bits per heavy atom. The lowest BCUT2D eigenvalue weighted by atomic mass is 10.2. The van der Waals surface area contributed by atoms with E-state index >= 15 is 0 Å². The van der Waals surface area contributed by atoms with Crippen LogP contribution in [0.5, 0.6) is 0 Å². The summed E-state index contributed by atoms with van der Waals surface area (Å²) in [5, 5.41) is 1.25. The number of hydrogen-bond donors (Lipinski definition) is 0. The van der Waals surface area contributed by atoms with E-state index in [0.29, 0.717) is 0 Å². The number of hydrogen-bond acceptors (Lipinski definition) is 2. The first kappa shape index (κ1) is 10.1. The number of halogens is 1. The molecule has 0 aliphatic carbocycles. The average Bonchev–Trinajstić information content (AvgIpc) is 2.58. The topological polar surface area (TPSA) is 17.1 Å². The maximum atomic E-state index is 10.7. The Bertz CT molecular complexity index is 487. The van der Waals surface area contributed by atoms with Crippen LogP contribution < -0.4 is 0 Å². The van der Waals surface area contributed by atoms with Crippen molar-refractivity contribution in [2.75, 3.05) is 0 Å². The summed E-state index contributed by atoms with van der Waals surface area (Å²) in [4.78, 5) is 12.1. The van der Waals surface area contributed by atoms with Crippen molar-refractivity contribution in [3.05, 3.63) is 32.2 Å². The Labute approximate surface area is 100 Å². The number of aldehydes is 1. The number of thiophene rings is 1. The second-order valence-electron chi connectivity index (χ2n) is 3.10. The highest BCUT2D eigenvalue weighted by Gasteiger charge is 2.04. The molecular formula is C11H9IOS. The number of benzene rings is 1. The zero-order chi connectivity index (χ0) is 10.1. The van der Waals surface area contributed by atoms with Crippen LogP contribution in [0.1, 0.15) is 22.2 Å². The number of rotatable bonds is 2. The van der Waals surface area contributed by atoms with Crippen molar-refractivity contribution in [3.63, 3.8) is 0 Å². The Balaban J connectivity index is 2.69. The van der Waals surface area contributed by atoms with E-state index < -0.39 is 0 Å². The summed E-state index contributed by atoms with van der Waals surface area (Å²) in [6.45, 7) is 2.15. The molecule has 0 atom stereocenters. The predicted molar refractivity (Wildman–Crippen MR) is 69.3 cm³/mol. The molecule has 2 rings (SSSR count). The summed E-state index contributed by atoms with van der Waals surface area (Å²) >= 11 is 3.98. The van der Waals surface area contributed by atoms with Gasteiger partial charge in [0.2, 0.25) is 0 Å². The Hall–Kier alpha value is -0.420. The van der Waals surface area contributed by atoms with E-state index in [-0.39, 0.29) is 0 Å². The molecule has 0 N–H and O–H groups in total. The predicted octanol–water partition coefficient (Wildman–Crippen LogP) is 3.88. The molecule has 1 heterocycles. The van der Waals surface area contributed by atoms with Crippen LogP contribution in [0.15, 0.2) is 18.2 Å². The van der Waals surface area contributed by atoms with Gasteiger partial charge in [-0.2, -0.15) is 0 Å². The fourth-order valence-electron chi connectivity index (χ4n) is 1.39. The van der Waals surface area contributed by atoms with Gasteiger partial charge in [-0.1, -0.05) is 6.92 Å². The fraction of sp³-hybridized carbons (Fsp3) is 0.182. The lowest BCUT2D eigenvalue weighted by molar-refractivity contribution is 0.112. The summed E-state index contributed by atoms with van der Waals surface area (Å²) < 4.78 is 2.25. The molecule has 0 saturated heterocycles. The first-order valence-electron chi connectivity index (χ1n) is 4.41. The molecule has 14 heavy (non-hydrogen) atoms. The normalized spacial score (nSPS) is 10.7. The van der Waals surface area contributed by atoms with Gasteiger partial charge in [0.25, 0.3) is 0 Å². The van der Waals surface area contributed by atoms with Crippen molar-refractivity contribution in [3.8, 4) is 0 Å². The maximum absolute atomic E-state index is 10.7. The highest BCUT2D eigenvalue weighted by molar-refractivity contribution is 14.1. The Kier molecular flexibility index (Phi) is 2.88. The third-order valence-corrected chi connectivity index (χ3v) is 4.34. The highest BCUT2D eigenvalue weighted by atomic mass is 127. The van der Waals surface area contributed by atoms with E-state index in [1.165, 1.54) is 15.0 Å². The van der Waals surface area contributed by atoms with Gasteiger partial charge in [-0.25, -0.2) is 0 Å². The molecule has 1 aromatic heterocycles. The van der Waals surface area contributed by atoms with Gasteiger partial charge in [-0.05, 0) is 52.6 Å². The van der Waals surface area contributed by atoms with Gasteiger partial charge >= 0.3 is 0 Å². The summed E-state index contributed by atoms with van der Waals surface area (Å²) in [7, 11) is 0. The van der Waals surface area contributed by atoms with Crippen molar-refractivity contribution >= 4 is 50.3 Å². The van der Waals surface area contributed by atoms with Crippen LogP contribution in [0.25, 0.3) is 10.1 Å².